The molecule has 1 heterocycles. The Morgan fingerprint density at radius 1 is 1.34 bits per heavy atom. The normalized spacial score (nSPS) is 19.9. The zero-order valence-electron chi connectivity index (χ0n) is 19.8. The van der Waals surface area contributed by atoms with Crippen LogP contribution in [0.5, 0.6) is 0 Å². The molecule has 1 amide bonds. The smallest absolute Gasteiger partial charge is 0.253 e. The molecule has 32 heavy (non-hydrogen) atoms. The second kappa shape index (κ2) is 12.2. The number of pyridine rings is 1. The van der Waals surface area contributed by atoms with E-state index in [1.807, 2.05) is 39.0 Å². The van der Waals surface area contributed by atoms with Crippen LogP contribution in [0.3, 0.4) is 0 Å². The number of allylic oxidation sites excluding steroid dienone is 2. The van der Waals surface area contributed by atoms with Gasteiger partial charge in [-0.3, -0.25) is 9.59 Å². The molecule has 0 aromatic carbocycles. The first-order chi connectivity index (χ1) is 15.2. The zero-order chi connectivity index (χ0) is 23.8. The topological polar surface area (TPSA) is 91.2 Å². The third-order valence-corrected chi connectivity index (χ3v) is 6.66. The Balaban J connectivity index is 2.28. The molecular weight excluding hydrogens is 468 g/mol. The highest BCUT2D eigenvalue weighted by Crippen LogP contribution is 2.28. The van der Waals surface area contributed by atoms with Gasteiger partial charge in [-0.15, -0.1) is 6.58 Å². The minimum absolute atomic E-state index is 0.163. The van der Waals surface area contributed by atoms with Gasteiger partial charge in [-0.25, -0.2) is 0 Å². The maximum Gasteiger partial charge on any atom is 0.253 e. The lowest BCUT2D eigenvalue weighted by molar-refractivity contribution is -0.117. The van der Waals surface area contributed by atoms with Gasteiger partial charge < -0.3 is 20.9 Å². The number of carbonyl (C=O) groups is 1. The molecule has 0 unspecified atom stereocenters. The number of nitrogens with one attached hydrogen (secondary N) is 2. The van der Waals surface area contributed by atoms with E-state index in [2.05, 4.69) is 44.8 Å². The summed E-state index contributed by atoms with van der Waals surface area (Å²) in [6.45, 7) is 9.83. The number of aromatic nitrogens is 1. The van der Waals surface area contributed by atoms with Gasteiger partial charge in [-0.2, -0.15) is 0 Å². The number of aryl methyl sites for hydroxylation is 2. The van der Waals surface area contributed by atoms with E-state index in [-0.39, 0.29) is 24.1 Å². The summed E-state index contributed by atoms with van der Waals surface area (Å²) in [4.78, 5) is 30.6. The summed E-state index contributed by atoms with van der Waals surface area (Å²) in [7, 11) is 2.10. The standard InChI is InChI=1S/C25H37BrN4O2/c1-6-7-23(30(5)20-10-8-19(27)9-11-20)18(4)21(12-13-26)24(31)28-15-22-16(2)14-17(3)29-25(22)32/h6,12,14,19-20H,1,7-11,13,15,27H2,2-5H3,(H,28,31)(H,29,32)/b21-12+,23-18+/t19-,20-. The minimum Gasteiger partial charge on any atom is -0.374 e. The number of halogens is 1. The van der Waals surface area contributed by atoms with Crippen LogP contribution in [0.15, 0.2) is 46.4 Å². The van der Waals surface area contributed by atoms with Crippen LogP contribution in [0.4, 0.5) is 0 Å². The predicted octanol–water partition coefficient (Wildman–Crippen LogP) is 3.98. The van der Waals surface area contributed by atoms with E-state index >= 15 is 0 Å². The van der Waals surface area contributed by atoms with Crippen LogP contribution < -0.4 is 16.6 Å². The Labute approximate surface area is 200 Å². The Hall–Kier alpha value is -2.12. The number of aromatic amines is 1. The summed E-state index contributed by atoms with van der Waals surface area (Å²) in [5.41, 5.74) is 10.8. The number of nitrogens with two attached hydrogens (primary N) is 1. The molecule has 0 spiro atoms. The molecule has 1 aromatic rings. The first-order valence-electron chi connectivity index (χ1n) is 11.2. The molecule has 6 nitrogen and oxygen atoms in total. The average Bonchev–Trinajstić information content (AvgIpc) is 2.74. The van der Waals surface area contributed by atoms with Gasteiger partial charge in [-0.05, 0) is 63.7 Å². The summed E-state index contributed by atoms with van der Waals surface area (Å²) < 4.78 is 0. The molecule has 0 saturated heterocycles. The number of hydrogen-bond acceptors (Lipinski definition) is 4. The highest BCUT2D eigenvalue weighted by Gasteiger charge is 2.25. The van der Waals surface area contributed by atoms with E-state index in [4.69, 9.17) is 5.73 Å². The SMILES string of the molecule is C=CC/C(=C(C)\C(=C/CBr)C(=O)NCc1c(C)cc(C)[nH]c1=O)N(C)[C@H]1CC[C@H](N)CC1. The molecule has 2 rings (SSSR count). The maximum atomic E-state index is 13.2. The maximum absolute atomic E-state index is 13.2. The van der Waals surface area contributed by atoms with Crippen LogP contribution in [-0.2, 0) is 11.3 Å². The van der Waals surface area contributed by atoms with Crippen molar-refractivity contribution in [2.24, 2.45) is 5.73 Å². The molecule has 1 fully saturated rings. The quantitative estimate of drug-likeness (QED) is 0.205. The van der Waals surface area contributed by atoms with Crippen molar-refractivity contribution in [2.45, 2.75) is 71.5 Å². The zero-order valence-corrected chi connectivity index (χ0v) is 21.3. The summed E-state index contributed by atoms with van der Waals surface area (Å²) in [6.07, 6.45) is 8.56. The number of hydrogen-bond donors (Lipinski definition) is 3. The Morgan fingerprint density at radius 2 is 2.00 bits per heavy atom. The van der Waals surface area contributed by atoms with E-state index < -0.39 is 0 Å². The van der Waals surface area contributed by atoms with Crippen molar-refractivity contribution in [3.8, 4) is 0 Å². The number of nitrogens with zero attached hydrogens (tertiary/aromatic N) is 1. The fraction of sp³-hybridized carbons (Fsp3) is 0.520. The van der Waals surface area contributed by atoms with Crippen molar-refractivity contribution in [3.63, 3.8) is 0 Å². The Kier molecular flexibility index (Phi) is 9.97. The molecule has 176 valence electrons. The number of rotatable bonds is 9. The lowest BCUT2D eigenvalue weighted by Gasteiger charge is -2.37. The van der Waals surface area contributed by atoms with Crippen molar-refractivity contribution in [2.75, 3.05) is 12.4 Å². The molecule has 4 N–H and O–H groups in total. The van der Waals surface area contributed by atoms with Crippen LogP contribution in [0, 0.1) is 13.8 Å². The average molecular weight is 506 g/mol. The van der Waals surface area contributed by atoms with E-state index in [9.17, 15) is 9.59 Å². The van der Waals surface area contributed by atoms with Crippen LogP contribution in [0.25, 0.3) is 0 Å². The number of carbonyl (C=O) groups excluding carboxylic acids is 1. The molecule has 1 aromatic heterocycles. The lowest BCUT2D eigenvalue weighted by atomic mass is 9.90. The third-order valence-electron chi connectivity index (χ3n) is 6.33. The molecular formula is C25H37BrN4O2. The van der Waals surface area contributed by atoms with E-state index in [0.29, 0.717) is 28.9 Å². The monoisotopic (exact) mass is 504 g/mol. The fourth-order valence-corrected chi connectivity index (χ4v) is 4.75. The van der Waals surface area contributed by atoms with Crippen molar-refractivity contribution >= 4 is 21.8 Å². The van der Waals surface area contributed by atoms with Gasteiger partial charge in [0.2, 0.25) is 0 Å². The second-order valence-corrected chi connectivity index (χ2v) is 9.29. The van der Waals surface area contributed by atoms with Gasteiger partial charge >= 0.3 is 0 Å². The molecule has 0 atom stereocenters. The van der Waals surface area contributed by atoms with Gasteiger partial charge in [0, 0.05) is 60.0 Å². The van der Waals surface area contributed by atoms with Crippen molar-refractivity contribution in [1.29, 1.82) is 0 Å². The van der Waals surface area contributed by atoms with Gasteiger partial charge in [0.25, 0.3) is 11.5 Å². The van der Waals surface area contributed by atoms with Crippen molar-refractivity contribution in [3.05, 3.63) is 68.8 Å². The van der Waals surface area contributed by atoms with Crippen molar-refractivity contribution in [1.82, 2.24) is 15.2 Å². The van der Waals surface area contributed by atoms with Gasteiger partial charge in [0.15, 0.2) is 0 Å². The third kappa shape index (κ3) is 6.69. The first kappa shape index (κ1) is 26.1. The minimum atomic E-state index is -0.193. The lowest BCUT2D eigenvalue weighted by Crippen LogP contribution is -2.39. The molecule has 1 aliphatic rings. The fourth-order valence-electron chi connectivity index (χ4n) is 4.42. The van der Waals surface area contributed by atoms with E-state index in [1.165, 1.54) is 0 Å². The number of alkyl halides is 1. The molecule has 0 radical (unpaired) electrons. The van der Waals surface area contributed by atoms with Crippen LogP contribution in [-0.4, -0.2) is 40.3 Å². The van der Waals surface area contributed by atoms with E-state index in [0.717, 1.165) is 48.2 Å². The highest BCUT2D eigenvalue weighted by atomic mass is 79.9. The largest absolute Gasteiger partial charge is 0.374 e. The summed E-state index contributed by atoms with van der Waals surface area (Å²) >= 11 is 3.44. The van der Waals surface area contributed by atoms with E-state index in [1.54, 1.807) is 0 Å². The molecule has 7 heteroatoms. The predicted molar refractivity (Wildman–Crippen MR) is 136 cm³/mol. The Bertz CT molecular complexity index is 940. The van der Waals surface area contributed by atoms with Crippen LogP contribution >= 0.6 is 15.9 Å². The summed E-state index contributed by atoms with van der Waals surface area (Å²) in [5, 5.41) is 3.50. The first-order valence-corrected chi connectivity index (χ1v) is 12.3. The number of amides is 1. The van der Waals surface area contributed by atoms with Gasteiger partial charge in [0.05, 0.1) is 0 Å². The van der Waals surface area contributed by atoms with Gasteiger partial charge in [-0.1, -0.05) is 28.1 Å². The molecule has 0 bridgehead atoms. The van der Waals surface area contributed by atoms with Crippen LogP contribution in [0.1, 0.15) is 55.8 Å². The summed E-state index contributed by atoms with van der Waals surface area (Å²) in [5.74, 6) is -0.193. The molecule has 1 saturated carbocycles. The Morgan fingerprint density at radius 3 is 2.56 bits per heavy atom. The van der Waals surface area contributed by atoms with Gasteiger partial charge in [0.1, 0.15) is 0 Å². The summed E-state index contributed by atoms with van der Waals surface area (Å²) in [6, 6.07) is 2.61. The molecule has 0 aliphatic heterocycles. The second-order valence-electron chi connectivity index (χ2n) is 8.64. The highest BCUT2D eigenvalue weighted by molar-refractivity contribution is 9.09. The number of H-pyrrole nitrogens is 1. The van der Waals surface area contributed by atoms with Crippen LogP contribution in [0.2, 0.25) is 0 Å². The van der Waals surface area contributed by atoms with Crippen molar-refractivity contribution < 1.29 is 4.79 Å². The molecule has 1 aliphatic carbocycles.